The lowest BCUT2D eigenvalue weighted by Gasteiger charge is -2.18. The van der Waals surface area contributed by atoms with Crippen LogP contribution >= 0.6 is 0 Å². The van der Waals surface area contributed by atoms with Crippen molar-refractivity contribution in [1.29, 1.82) is 0 Å². The summed E-state index contributed by atoms with van der Waals surface area (Å²) in [7, 11) is 1.80. The van der Waals surface area contributed by atoms with Crippen LogP contribution in [0.25, 0.3) is 10.8 Å². The van der Waals surface area contributed by atoms with Gasteiger partial charge in [-0.1, -0.05) is 18.2 Å². The molecular formula is C16H14FN3. The summed E-state index contributed by atoms with van der Waals surface area (Å²) < 4.78 is 14.0. The summed E-state index contributed by atoms with van der Waals surface area (Å²) >= 11 is 0. The molecule has 1 N–H and O–H groups in total. The van der Waals surface area contributed by atoms with Crippen LogP contribution in [0.5, 0.6) is 0 Å². The second kappa shape index (κ2) is 5.35. The molecule has 2 aromatic heterocycles. The van der Waals surface area contributed by atoms with Gasteiger partial charge in [-0.15, -0.1) is 0 Å². The van der Waals surface area contributed by atoms with Crippen molar-refractivity contribution in [2.24, 2.45) is 0 Å². The smallest absolute Gasteiger partial charge is 0.146 e. The monoisotopic (exact) mass is 267 g/mol. The van der Waals surface area contributed by atoms with Crippen molar-refractivity contribution in [3.05, 3.63) is 72.1 Å². The maximum absolute atomic E-state index is 14.0. The first-order chi connectivity index (χ1) is 9.81. The van der Waals surface area contributed by atoms with Gasteiger partial charge in [-0.25, -0.2) is 4.39 Å². The molecule has 0 aliphatic carbocycles. The second-order valence-electron chi connectivity index (χ2n) is 4.54. The van der Waals surface area contributed by atoms with Crippen molar-refractivity contribution in [1.82, 2.24) is 15.3 Å². The average Bonchev–Trinajstić information content (AvgIpc) is 2.50. The van der Waals surface area contributed by atoms with Crippen LogP contribution in [0.15, 0.2) is 55.0 Å². The molecule has 0 aliphatic rings. The van der Waals surface area contributed by atoms with E-state index in [1.54, 1.807) is 31.7 Å². The predicted octanol–water partition coefficient (Wildman–Crippen LogP) is 3.08. The molecule has 0 saturated carbocycles. The van der Waals surface area contributed by atoms with Gasteiger partial charge in [0.1, 0.15) is 5.82 Å². The first kappa shape index (κ1) is 12.7. The largest absolute Gasteiger partial charge is 0.308 e. The highest BCUT2D eigenvalue weighted by atomic mass is 19.1. The Labute approximate surface area is 116 Å². The van der Waals surface area contributed by atoms with Gasteiger partial charge in [-0.05, 0) is 36.2 Å². The Balaban J connectivity index is 2.20. The zero-order valence-corrected chi connectivity index (χ0v) is 11.0. The number of hydrogen-bond donors (Lipinski definition) is 1. The molecule has 0 amide bonds. The molecule has 4 heteroatoms. The first-order valence-corrected chi connectivity index (χ1v) is 6.41. The fourth-order valence-corrected chi connectivity index (χ4v) is 2.44. The van der Waals surface area contributed by atoms with Gasteiger partial charge in [-0.2, -0.15) is 0 Å². The Morgan fingerprint density at radius 3 is 2.80 bits per heavy atom. The summed E-state index contributed by atoms with van der Waals surface area (Å²) in [6.45, 7) is 0. The van der Waals surface area contributed by atoms with Crippen LogP contribution in [0.1, 0.15) is 17.3 Å². The van der Waals surface area contributed by atoms with Crippen molar-refractivity contribution >= 4 is 10.8 Å². The lowest BCUT2D eigenvalue weighted by atomic mass is 9.97. The third-order valence-corrected chi connectivity index (χ3v) is 3.38. The van der Waals surface area contributed by atoms with E-state index in [0.717, 1.165) is 16.3 Å². The van der Waals surface area contributed by atoms with Crippen molar-refractivity contribution < 1.29 is 4.39 Å². The summed E-state index contributed by atoms with van der Waals surface area (Å²) in [6, 6.07) is 10.6. The van der Waals surface area contributed by atoms with Gasteiger partial charge in [0.2, 0.25) is 0 Å². The highest BCUT2D eigenvalue weighted by Crippen LogP contribution is 2.28. The first-order valence-electron chi connectivity index (χ1n) is 6.41. The molecule has 3 aromatic rings. The molecule has 1 unspecified atom stereocenters. The molecule has 3 rings (SSSR count). The lowest BCUT2D eigenvalue weighted by molar-refractivity contribution is 0.561. The molecule has 1 atom stereocenters. The summed E-state index contributed by atoms with van der Waals surface area (Å²) in [6.07, 6.45) is 5.16. The number of aromatic nitrogens is 2. The van der Waals surface area contributed by atoms with Crippen LogP contribution in [0, 0.1) is 5.82 Å². The van der Waals surface area contributed by atoms with E-state index in [9.17, 15) is 4.39 Å². The van der Waals surface area contributed by atoms with E-state index in [4.69, 9.17) is 0 Å². The summed E-state index contributed by atoms with van der Waals surface area (Å²) in [4.78, 5) is 8.34. The third-order valence-electron chi connectivity index (χ3n) is 3.38. The second-order valence-corrected chi connectivity index (χ2v) is 4.54. The highest BCUT2D eigenvalue weighted by molar-refractivity contribution is 5.85. The molecule has 0 fully saturated rings. The average molecular weight is 267 g/mol. The Bertz CT molecular complexity index is 737. The SMILES string of the molecule is CNC(c1ncccc1F)c1cccc2ccncc12. The third kappa shape index (κ3) is 2.14. The topological polar surface area (TPSA) is 37.8 Å². The van der Waals surface area contributed by atoms with Crippen LogP contribution < -0.4 is 5.32 Å². The molecular weight excluding hydrogens is 253 g/mol. The number of pyridine rings is 2. The van der Waals surface area contributed by atoms with E-state index < -0.39 is 0 Å². The van der Waals surface area contributed by atoms with Crippen LogP contribution in [-0.2, 0) is 0 Å². The predicted molar refractivity (Wildman–Crippen MR) is 76.8 cm³/mol. The molecule has 0 saturated heterocycles. The Morgan fingerprint density at radius 2 is 2.00 bits per heavy atom. The molecule has 0 spiro atoms. The zero-order chi connectivity index (χ0) is 13.9. The summed E-state index contributed by atoms with van der Waals surface area (Å²) in [5, 5.41) is 5.21. The Kier molecular flexibility index (Phi) is 3.39. The standard InChI is InChI=1S/C16H14FN3/c1-18-15(16-14(17)6-3-8-20-16)12-5-2-4-11-7-9-19-10-13(11)12/h2-10,15,18H,1H3. The minimum atomic E-state index is -0.312. The molecule has 0 bridgehead atoms. The quantitative estimate of drug-likeness (QED) is 0.792. The minimum absolute atomic E-state index is 0.302. The van der Waals surface area contributed by atoms with Gasteiger partial charge in [0.05, 0.1) is 11.7 Å². The van der Waals surface area contributed by atoms with Gasteiger partial charge in [0.15, 0.2) is 0 Å². The molecule has 20 heavy (non-hydrogen) atoms. The van der Waals surface area contributed by atoms with Crippen LogP contribution in [-0.4, -0.2) is 17.0 Å². The Morgan fingerprint density at radius 1 is 1.10 bits per heavy atom. The van der Waals surface area contributed by atoms with Gasteiger partial charge in [0, 0.05) is 24.0 Å². The van der Waals surface area contributed by atoms with Crippen molar-refractivity contribution in [3.63, 3.8) is 0 Å². The number of fused-ring (bicyclic) bond motifs is 1. The van der Waals surface area contributed by atoms with Gasteiger partial charge in [-0.3, -0.25) is 9.97 Å². The van der Waals surface area contributed by atoms with Crippen LogP contribution in [0.3, 0.4) is 0 Å². The van der Waals surface area contributed by atoms with Gasteiger partial charge < -0.3 is 5.32 Å². The molecule has 1 aromatic carbocycles. The maximum Gasteiger partial charge on any atom is 0.146 e. The lowest BCUT2D eigenvalue weighted by Crippen LogP contribution is -2.20. The fourth-order valence-electron chi connectivity index (χ4n) is 2.44. The normalized spacial score (nSPS) is 12.5. The van der Waals surface area contributed by atoms with Crippen molar-refractivity contribution in [2.45, 2.75) is 6.04 Å². The van der Waals surface area contributed by atoms with E-state index in [-0.39, 0.29) is 11.9 Å². The van der Waals surface area contributed by atoms with Crippen LogP contribution in [0.2, 0.25) is 0 Å². The zero-order valence-electron chi connectivity index (χ0n) is 11.0. The molecule has 0 radical (unpaired) electrons. The van der Waals surface area contributed by atoms with E-state index in [0.29, 0.717) is 5.69 Å². The number of benzene rings is 1. The van der Waals surface area contributed by atoms with Crippen LogP contribution in [0.4, 0.5) is 4.39 Å². The van der Waals surface area contributed by atoms with E-state index in [2.05, 4.69) is 15.3 Å². The van der Waals surface area contributed by atoms with Crippen molar-refractivity contribution in [3.8, 4) is 0 Å². The number of hydrogen-bond acceptors (Lipinski definition) is 3. The number of nitrogens with one attached hydrogen (secondary N) is 1. The maximum atomic E-state index is 14.0. The number of halogens is 1. The number of rotatable bonds is 3. The van der Waals surface area contributed by atoms with Gasteiger partial charge in [0.25, 0.3) is 0 Å². The molecule has 0 aliphatic heterocycles. The fraction of sp³-hybridized carbons (Fsp3) is 0.125. The van der Waals surface area contributed by atoms with Crippen molar-refractivity contribution in [2.75, 3.05) is 7.05 Å². The minimum Gasteiger partial charge on any atom is -0.308 e. The summed E-state index contributed by atoms with van der Waals surface area (Å²) in [5.41, 5.74) is 1.36. The van der Waals surface area contributed by atoms with E-state index in [1.807, 2.05) is 24.3 Å². The number of nitrogens with zero attached hydrogens (tertiary/aromatic N) is 2. The molecule has 2 heterocycles. The molecule has 100 valence electrons. The van der Waals surface area contributed by atoms with E-state index in [1.165, 1.54) is 6.07 Å². The van der Waals surface area contributed by atoms with E-state index >= 15 is 0 Å². The summed E-state index contributed by atoms with van der Waals surface area (Å²) in [5.74, 6) is -0.312. The Hall–Kier alpha value is -2.33. The highest BCUT2D eigenvalue weighted by Gasteiger charge is 2.19. The van der Waals surface area contributed by atoms with Gasteiger partial charge >= 0.3 is 0 Å². The molecule has 3 nitrogen and oxygen atoms in total.